The van der Waals surface area contributed by atoms with Gasteiger partial charge in [0.15, 0.2) is 6.17 Å². The fraction of sp³-hybridized carbons (Fsp3) is 0.0213. The Bertz CT molecular complexity index is 3030. The van der Waals surface area contributed by atoms with Gasteiger partial charge in [-0.15, -0.1) is 11.3 Å². The minimum atomic E-state index is -0.493. The van der Waals surface area contributed by atoms with E-state index in [4.69, 9.17) is 14.4 Å². The fourth-order valence-electron chi connectivity index (χ4n) is 7.71. The van der Waals surface area contributed by atoms with Gasteiger partial charge in [-0.05, 0) is 75.1 Å². The quantitative estimate of drug-likeness (QED) is 0.201. The van der Waals surface area contributed by atoms with Crippen molar-refractivity contribution in [1.29, 1.82) is 0 Å². The van der Waals surface area contributed by atoms with Crippen molar-refractivity contribution in [3.05, 3.63) is 180 Å². The Labute approximate surface area is 303 Å². The first kappa shape index (κ1) is 29.2. The van der Waals surface area contributed by atoms with Crippen LogP contribution in [0.1, 0.15) is 22.9 Å². The molecule has 0 bridgehead atoms. The van der Waals surface area contributed by atoms with E-state index in [1.54, 1.807) is 0 Å². The van der Waals surface area contributed by atoms with Crippen molar-refractivity contribution in [2.24, 2.45) is 9.98 Å². The summed E-state index contributed by atoms with van der Waals surface area (Å²) in [6.45, 7) is 0. The lowest BCUT2D eigenvalue weighted by Crippen LogP contribution is -2.36. The van der Waals surface area contributed by atoms with E-state index < -0.39 is 6.17 Å². The van der Waals surface area contributed by atoms with Gasteiger partial charge in [0.25, 0.3) is 0 Å². The van der Waals surface area contributed by atoms with Gasteiger partial charge in [-0.25, -0.2) is 9.98 Å². The number of nitrogens with one attached hydrogen (secondary N) is 1. The SMILES string of the molecule is c1ccc2cc(C3=NC(c4cccc5oc6ccc(-c7ccc8c(c7)sc7ccccc78)cc6c45)N=C(c4ccc5ccccc5c4)N3)ccc2c1. The molecule has 0 aliphatic carbocycles. The molecule has 4 nitrogen and oxygen atoms in total. The molecule has 0 fully saturated rings. The number of hydrogen-bond donors (Lipinski definition) is 1. The molecule has 52 heavy (non-hydrogen) atoms. The monoisotopic (exact) mass is 683 g/mol. The van der Waals surface area contributed by atoms with Crippen LogP contribution in [0.15, 0.2) is 178 Å². The predicted molar refractivity (Wildman–Crippen MR) is 219 cm³/mol. The van der Waals surface area contributed by atoms with E-state index >= 15 is 0 Å². The highest BCUT2D eigenvalue weighted by atomic mass is 32.1. The summed E-state index contributed by atoms with van der Waals surface area (Å²) in [5.41, 5.74) is 7.04. The molecule has 11 rings (SSSR count). The second-order valence-corrected chi connectivity index (χ2v) is 14.5. The Hall–Kier alpha value is -6.56. The first-order chi connectivity index (χ1) is 25.7. The smallest absolute Gasteiger partial charge is 0.170 e. The van der Waals surface area contributed by atoms with Crippen LogP contribution in [-0.4, -0.2) is 11.7 Å². The van der Waals surface area contributed by atoms with E-state index in [0.29, 0.717) is 0 Å². The summed E-state index contributed by atoms with van der Waals surface area (Å²) in [6.07, 6.45) is -0.493. The molecule has 0 unspecified atom stereocenters. The van der Waals surface area contributed by atoms with Gasteiger partial charge < -0.3 is 9.73 Å². The van der Waals surface area contributed by atoms with Crippen LogP contribution in [0.5, 0.6) is 0 Å². The van der Waals surface area contributed by atoms with E-state index in [0.717, 1.165) is 55.9 Å². The van der Waals surface area contributed by atoms with Gasteiger partial charge in [0.2, 0.25) is 0 Å². The summed E-state index contributed by atoms with van der Waals surface area (Å²) in [5.74, 6) is 1.58. The molecule has 1 aliphatic rings. The van der Waals surface area contributed by atoms with Crippen molar-refractivity contribution in [1.82, 2.24) is 5.32 Å². The predicted octanol–water partition coefficient (Wildman–Crippen LogP) is 12.4. The maximum Gasteiger partial charge on any atom is 0.170 e. The number of rotatable bonds is 4. The van der Waals surface area contributed by atoms with Crippen molar-refractivity contribution in [3.63, 3.8) is 0 Å². The van der Waals surface area contributed by atoms with Crippen LogP contribution in [-0.2, 0) is 0 Å². The van der Waals surface area contributed by atoms with E-state index in [2.05, 4.69) is 163 Å². The molecule has 10 aromatic rings. The van der Waals surface area contributed by atoms with Crippen LogP contribution in [0.4, 0.5) is 0 Å². The van der Waals surface area contributed by atoms with Gasteiger partial charge in [-0.2, -0.15) is 0 Å². The average Bonchev–Trinajstić information content (AvgIpc) is 3.78. The molecule has 5 heteroatoms. The first-order valence-electron chi connectivity index (χ1n) is 17.5. The molecular formula is C47H29N3OS. The van der Waals surface area contributed by atoms with E-state index in [1.807, 2.05) is 17.4 Å². The maximum absolute atomic E-state index is 6.49. The zero-order valence-electron chi connectivity index (χ0n) is 27.9. The minimum absolute atomic E-state index is 0.493. The third-order valence-corrected chi connectivity index (χ3v) is 11.4. The Balaban J connectivity index is 1.08. The number of furan rings is 1. The van der Waals surface area contributed by atoms with Crippen molar-refractivity contribution >= 4 is 86.7 Å². The maximum atomic E-state index is 6.49. The average molecular weight is 684 g/mol. The van der Waals surface area contributed by atoms with E-state index in [9.17, 15) is 0 Å². The highest BCUT2D eigenvalue weighted by Crippen LogP contribution is 2.40. The number of hydrogen-bond acceptors (Lipinski definition) is 5. The second-order valence-electron chi connectivity index (χ2n) is 13.4. The number of aliphatic imine (C=N–C) groups is 2. The molecule has 0 spiro atoms. The molecule has 0 atom stereocenters. The normalized spacial score (nSPS) is 13.7. The van der Waals surface area contributed by atoms with Gasteiger partial charge in [0.1, 0.15) is 22.8 Å². The highest BCUT2D eigenvalue weighted by molar-refractivity contribution is 7.25. The van der Waals surface area contributed by atoms with Gasteiger partial charge in [-0.1, -0.05) is 121 Å². The van der Waals surface area contributed by atoms with Crippen LogP contribution in [0, 0.1) is 0 Å². The standard InChI is InChI=1S/C47H29N3OS/c1-3-10-30-24-34(18-16-28(30)8-1)45-48-46(35-19-17-29-9-2-4-11-31(29)25-35)50-47(49-45)38-13-7-14-41-44(38)39-26-32(21-23-40(39)51-41)33-20-22-37-36-12-5-6-15-42(36)52-43(37)27-33/h1-27,47H,(H,48,49,50). The van der Waals surface area contributed by atoms with Gasteiger partial charge in [0.05, 0.1) is 0 Å². The Morgan fingerprint density at radius 3 is 1.81 bits per heavy atom. The summed E-state index contributed by atoms with van der Waals surface area (Å²) in [7, 11) is 0. The van der Waals surface area contributed by atoms with Crippen molar-refractivity contribution in [2.75, 3.05) is 0 Å². The van der Waals surface area contributed by atoms with Gasteiger partial charge in [-0.3, -0.25) is 0 Å². The number of fused-ring (bicyclic) bond motifs is 8. The molecule has 1 N–H and O–H groups in total. The summed E-state index contributed by atoms with van der Waals surface area (Å²) >= 11 is 1.84. The minimum Gasteiger partial charge on any atom is -0.456 e. The number of benzene rings is 8. The third-order valence-electron chi connectivity index (χ3n) is 10.3. The van der Waals surface area contributed by atoms with Crippen LogP contribution in [0.2, 0.25) is 0 Å². The van der Waals surface area contributed by atoms with Crippen LogP contribution in [0.3, 0.4) is 0 Å². The summed E-state index contributed by atoms with van der Waals surface area (Å²) in [4.78, 5) is 10.6. The van der Waals surface area contributed by atoms with E-state index in [-0.39, 0.29) is 0 Å². The molecular weight excluding hydrogens is 655 g/mol. The Morgan fingerprint density at radius 1 is 0.442 bits per heavy atom. The van der Waals surface area contributed by atoms with Crippen molar-refractivity contribution in [3.8, 4) is 11.1 Å². The summed E-state index contributed by atoms with van der Waals surface area (Å²) in [5, 5.41) is 13.1. The first-order valence-corrected chi connectivity index (χ1v) is 18.3. The lowest BCUT2D eigenvalue weighted by atomic mass is 9.99. The number of nitrogens with zero attached hydrogens (tertiary/aromatic N) is 2. The third kappa shape index (κ3) is 4.74. The largest absolute Gasteiger partial charge is 0.456 e. The summed E-state index contributed by atoms with van der Waals surface area (Å²) < 4.78 is 9.09. The molecule has 0 amide bonds. The lowest BCUT2D eigenvalue weighted by Gasteiger charge is -2.23. The molecule has 0 saturated carbocycles. The molecule has 8 aromatic carbocycles. The van der Waals surface area contributed by atoms with Gasteiger partial charge >= 0.3 is 0 Å². The molecule has 1 aliphatic heterocycles. The Kier molecular flexibility index (Phi) is 6.45. The molecule has 0 saturated heterocycles. The lowest BCUT2D eigenvalue weighted by molar-refractivity contribution is 0.667. The molecule has 244 valence electrons. The fourth-order valence-corrected chi connectivity index (χ4v) is 8.86. The van der Waals surface area contributed by atoms with Crippen LogP contribution < -0.4 is 5.32 Å². The molecule has 3 heterocycles. The zero-order chi connectivity index (χ0) is 34.2. The topological polar surface area (TPSA) is 49.9 Å². The van der Waals surface area contributed by atoms with Gasteiger partial charge in [0, 0.05) is 47.6 Å². The van der Waals surface area contributed by atoms with E-state index in [1.165, 1.54) is 47.3 Å². The zero-order valence-corrected chi connectivity index (χ0v) is 28.7. The van der Waals surface area contributed by atoms with Crippen LogP contribution >= 0.6 is 11.3 Å². The number of thiophene rings is 1. The molecule has 0 radical (unpaired) electrons. The van der Waals surface area contributed by atoms with Crippen LogP contribution in [0.25, 0.3) is 74.8 Å². The van der Waals surface area contributed by atoms with Crippen molar-refractivity contribution in [2.45, 2.75) is 6.17 Å². The summed E-state index contributed by atoms with van der Waals surface area (Å²) in [6, 6.07) is 58.1. The molecule has 2 aromatic heterocycles. The van der Waals surface area contributed by atoms with Crippen molar-refractivity contribution < 1.29 is 4.42 Å². The second kappa shape index (κ2) is 11.5. The highest BCUT2D eigenvalue weighted by Gasteiger charge is 2.24. The Morgan fingerprint density at radius 2 is 1.06 bits per heavy atom. The number of amidine groups is 2.